The van der Waals surface area contributed by atoms with Crippen LogP contribution in [0.5, 0.6) is 0 Å². The predicted molar refractivity (Wildman–Crippen MR) is 112 cm³/mol. The third-order valence-electron chi connectivity index (χ3n) is 3.78. The molecular formula is C19H22Cl2N2O4S. The number of benzene rings is 2. The molecule has 1 N–H and O–H groups in total. The first-order valence-corrected chi connectivity index (χ1v) is 10.9. The lowest BCUT2D eigenvalue weighted by Crippen LogP contribution is -2.41. The first-order chi connectivity index (χ1) is 13.3. The standard InChI is InChI=1S/C19H22Cl2N2O4S/c1-2-27-12-4-11-22-19(24)14-23(17-6-3-5-16(21)13-17)28(25,26)18-9-7-15(20)8-10-18/h3,5-10,13H,2,4,11-12,14H2,1H3,(H,22,24). The molecule has 152 valence electrons. The van der Waals surface area contributed by atoms with Crippen molar-refractivity contribution in [2.75, 3.05) is 30.6 Å². The van der Waals surface area contributed by atoms with Gasteiger partial charge in [-0.25, -0.2) is 8.42 Å². The van der Waals surface area contributed by atoms with Crippen molar-refractivity contribution in [2.45, 2.75) is 18.2 Å². The van der Waals surface area contributed by atoms with E-state index in [0.717, 1.165) is 4.31 Å². The van der Waals surface area contributed by atoms with Crippen LogP contribution < -0.4 is 9.62 Å². The van der Waals surface area contributed by atoms with Crippen LogP contribution in [0.2, 0.25) is 10.0 Å². The number of amides is 1. The maximum absolute atomic E-state index is 13.1. The van der Waals surface area contributed by atoms with E-state index in [1.165, 1.54) is 30.3 Å². The summed E-state index contributed by atoms with van der Waals surface area (Å²) in [4.78, 5) is 12.4. The van der Waals surface area contributed by atoms with Gasteiger partial charge in [0.05, 0.1) is 10.6 Å². The summed E-state index contributed by atoms with van der Waals surface area (Å²) in [5.74, 6) is -0.422. The fourth-order valence-corrected chi connectivity index (χ4v) is 4.14. The first kappa shape index (κ1) is 22.5. The van der Waals surface area contributed by atoms with Gasteiger partial charge in [0, 0.05) is 29.8 Å². The van der Waals surface area contributed by atoms with E-state index in [4.69, 9.17) is 27.9 Å². The molecule has 0 saturated carbocycles. The Labute approximate surface area is 175 Å². The third-order valence-corrected chi connectivity index (χ3v) is 6.05. The van der Waals surface area contributed by atoms with E-state index in [9.17, 15) is 13.2 Å². The van der Waals surface area contributed by atoms with Crippen molar-refractivity contribution in [1.82, 2.24) is 5.32 Å². The molecule has 2 aromatic carbocycles. The Morgan fingerprint density at radius 3 is 2.46 bits per heavy atom. The number of rotatable bonds is 10. The number of anilines is 1. The molecule has 0 aliphatic carbocycles. The second-order valence-corrected chi connectivity index (χ2v) is 8.58. The molecule has 0 heterocycles. The Kier molecular flexibility index (Phi) is 8.57. The van der Waals surface area contributed by atoms with Gasteiger partial charge in [-0.1, -0.05) is 29.3 Å². The fraction of sp³-hybridized carbons (Fsp3) is 0.316. The van der Waals surface area contributed by atoms with Gasteiger partial charge in [0.25, 0.3) is 10.0 Å². The van der Waals surface area contributed by atoms with E-state index in [0.29, 0.717) is 41.9 Å². The first-order valence-electron chi connectivity index (χ1n) is 8.73. The van der Waals surface area contributed by atoms with Gasteiger partial charge < -0.3 is 10.1 Å². The highest BCUT2D eigenvalue weighted by Gasteiger charge is 2.27. The average molecular weight is 445 g/mol. The molecule has 0 aliphatic rings. The summed E-state index contributed by atoms with van der Waals surface area (Å²) < 4.78 is 32.5. The molecule has 0 aliphatic heterocycles. The minimum Gasteiger partial charge on any atom is -0.382 e. The van der Waals surface area contributed by atoms with Crippen LogP contribution in [0.4, 0.5) is 5.69 Å². The van der Waals surface area contributed by atoms with E-state index < -0.39 is 15.9 Å². The normalized spacial score (nSPS) is 11.2. The van der Waals surface area contributed by atoms with E-state index in [1.807, 2.05) is 6.92 Å². The molecule has 0 radical (unpaired) electrons. The molecule has 0 spiro atoms. The lowest BCUT2D eigenvalue weighted by atomic mass is 10.3. The zero-order valence-corrected chi connectivity index (χ0v) is 17.7. The summed E-state index contributed by atoms with van der Waals surface area (Å²) >= 11 is 11.9. The maximum atomic E-state index is 13.1. The molecule has 28 heavy (non-hydrogen) atoms. The number of nitrogens with zero attached hydrogens (tertiary/aromatic N) is 1. The monoisotopic (exact) mass is 444 g/mol. The Morgan fingerprint density at radius 1 is 1.11 bits per heavy atom. The Balaban J connectivity index is 2.23. The van der Waals surface area contributed by atoms with E-state index in [-0.39, 0.29) is 11.4 Å². The average Bonchev–Trinajstić information content (AvgIpc) is 2.66. The maximum Gasteiger partial charge on any atom is 0.264 e. The van der Waals surface area contributed by atoms with Crippen LogP contribution in [0.15, 0.2) is 53.4 Å². The lowest BCUT2D eigenvalue weighted by molar-refractivity contribution is -0.119. The molecular weight excluding hydrogens is 423 g/mol. The molecule has 2 rings (SSSR count). The Morgan fingerprint density at radius 2 is 1.82 bits per heavy atom. The number of sulfonamides is 1. The highest BCUT2D eigenvalue weighted by atomic mass is 35.5. The topological polar surface area (TPSA) is 75.7 Å². The van der Waals surface area contributed by atoms with Gasteiger partial charge in [-0.05, 0) is 55.8 Å². The van der Waals surface area contributed by atoms with Gasteiger partial charge in [0.1, 0.15) is 6.54 Å². The number of carbonyl (C=O) groups is 1. The SMILES string of the molecule is CCOCCCNC(=O)CN(c1cccc(Cl)c1)S(=O)(=O)c1ccc(Cl)cc1. The van der Waals surface area contributed by atoms with E-state index in [2.05, 4.69) is 5.32 Å². The number of nitrogens with one attached hydrogen (secondary N) is 1. The summed E-state index contributed by atoms with van der Waals surface area (Å²) in [7, 11) is -3.99. The highest BCUT2D eigenvalue weighted by molar-refractivity contribution is 7.92. The molecule has 0 fully saturated rings. The Hall–Kier alpha value is -1.80. The van der Waals surface area contributed by atoms with Gasteiger partial charge in [-0.3, -0.25) is 9.10 Å². The van der Waals surface area contributed by atoms with Crippen molar-refractivity contribution in [3.63, 3.8) is 0 Å². The summed E-state index contributed by atoms with van der Waals surface area (Å²) in [6.07, 6.45) is 0.640. The summed E-state index contributed by atoms with van der Waals surface area (Å²) in [6, 6.07) is 12.1. The highest BCUT2D eigenvalue weighted by Crippen LogP contribution is 2.26. The minimum absolute atomic E-state index is 0.0287. The molecule has 0 bridgehead atoms. The molecule has 0 unspecified atom stereocenters. The Bertz CT molecular complexity index is 889. The fourth-order valence-electron chi connectivity index (χ4n) is 2.41. The van der Waals surface area contributed by atoms with Crippen molar-refractivity contribution in [1.29, 1.82) is 0 Å². The number of carbonyl (C=O) groups excluding carboxylic acids is 1. The largest absolute Gasteiger partial charge is 0.382 e. The van der Waals surface area contributed by atoms with Crippen LogP contribution in [-0.4, -0.2) is 40.6 Å². The smallest absolute Gasteiger partial charge is 0.264 e. The molecule has 0 atom stereocenters. The zero-order valence-electron chi connectivity index (χ0n) is 15.4. The molecule has 1 amide bonds. The van der Waals surface area contributed by atoms with Crippen LogP contribution in [0.25, 0.3) is 0 Å². The summed E-state index contributed by atoms with van der Waals surface area (Å²) in [5.41, 5.74) is 0.298. The zero-order chi connectivity index (χ0) is 20.6. The molecule has 6 nitrogen and oxygen atoms in total. The van der Waals surface area contributed by atoms with Crippen LogP contribution in [-0.2, 0) is 19.6 Å². The quantitative estimate of drug-likeness (QED) is 0.566. The molecule has 0 saturated heterocycles. The number of halogens is 2. The van der Waals surface area contributed by atoms with E-state index in [1.54, 1.807) is 18.2 Å². The summed E-state index contributed by atoms with van der Waals surface area (Å²) in [5, 5.41) is 3.49. The molecule has 2 aromatic rings. The second kappa shape index (κ2) is 10.7. The lowest BCUT2D eigenvalue weighted by Gasteiger charge is -2.24. The van der Waals surface area contributed by atoms with Crippen molar-refractivity contribution in [2.24, 2.45) is 0 Å². The minimum atomic E-state index is -3.99. The van der Waals surface area contributed by atoms with Crippen molar-refractivity contribution in [3.05, 3.63) is 58.6 Å². The van der Waals surface area contributed by atoms with Gasteiger partial charge in [0.2, 0.25) is 5.91 Å². The third kappa shape index (κ3) is 6.38. The number of hydrogen-bond donors (Lipinski definition) is 1. The molecule has 0 aromatic heterocycles. The second-order valence-electron chi connectivity index (χ2n) is 5.85. The van der Waals surface area contributed by atoms with Gasteiger partial charge >= 0.3 is 0 Å². The van der Waals surface area contributed by atoms with Crippen LogP contribution in [0, 0.1) is 0 Å². The summed E-state index contributed by atoms with van der Waals surface area (Å²) in [6.45, 7) is 3.04. The van der Waals surface area contributed by atoms with Gasteiger partial charge in [-0.2, -0.15) is 0 Å². The van der Waals surface area contributed by atoms with Gasteiger partial charge in [0.15, 0.2) is 0 Å². The van der Waals surface area contributed by atoms with Crippen LogP contribution in [0.1, 0.15) is 13.3 Å². The number of ether oxygens (including phenoxy) is 1. The van der Waals surface area contributed by atoms with E-state index >= 15 is 0 Å². The van der Waals surface area contributed by atoms with Crippen LogP contribution >= 0.6 is 23.2 Å². The van der Waals surface area contributed by atoms with Crippen molar-refractivity contribution < 1.29 is 17.9 Å². The van der Waals surface area contributed by atoms with Gasteiger partial charge in [-0.15, -0.1) is 0 Å². The number of hydrogen-bond acceptors (Lipinski definition) is 4. The van der Waals surface area contributed by atoms with Crippen LogP contribution in [0.3, 0.4) is 0 Å². The molecule has 9 heteroatoms. The van der Waals surface area contributed by atoms with Crippen molar-refractivity contribution in [3.8, 4) is 0 Å². The predicted octanol–water partition coefficient (Wildman–Crippen LogP) is 3.73. The van der Waals surface area contributed by atoms with Crippen molar-refractivity contribution >= 4 is 44.8 Å².